The van der Waals surface area contributed by atoms with Crippen molar-refractivity contribution in [3.05, 3.63) is 0 Å². The molecule has 0 aromatic carbocycles. The summed E-state index contributed by atoms with van der Waals surface area (Å²) < 4.78 is 0. The van der Waals surface area contributed by atoms with Crippen LogP contribution in [0.1, 0.15) is 39.5 Å². The monoisotopic (exact) mass is 212 g/mol. The number of hydrogen-bond donors (Lipinski definition) is 2. The summed E-state index contributed by atoms with van der Waals surface area (Å²) in [5, 5.41) is 6.15. The molecular weight excluding hydrogens is 188 g/mol. The van der Waals surface area contributed by atoms with Gasteiger partial charge in [-0.15, -0.1) is 0 Å². The van der Waals surface area contributed by atoms with Crippen molar-refractivity contribution in [1.29, 1.82) is 0 Å². The number of hydrogen-bond acceptors (Lipinski definition) is 2. The third-order valence-electron chi connectivity index (χ3n) is 3.15. The van der Waals surface area contributed by atoms with Crippen LogP contribution < -0.4 is 10.6 Å². The molecule has 0 saturated heterocycles. The van der Waals surface area contributed by atoms with Crippen molar-refractivity contribution in [1.82, 2.24) is 10.6 Å². The number of carbonyl (C=O) groups excluding carboxylic acids is 1. The lowest BCUT2D eigenvalue weighted by atomic mass is 10.0. The van der Waals surface area contributed by atoms with E-state index in [2.05, 4.69) is 24.5 Å². The molecule has 88 valence electrons. The molecule has 1 aliphatic rings. The molecule has 2 unspecified atom stereocenters. The van der Waals surface area contributed by atoms with E-state index >= 15 is 0 Å². The summed E-state index contributed by atoms with van der Waals surface area (Å²) in [7, 11) is 0. The Morgan fingerprint density at radius 1 is 1.33 bits per heavy atom. The molecule has 0 radical (unpaired) electrons. The molecule has 2 N–H and O–H groups in total. The van der Waals surface area contributed by atoms with Gasteiger partial charge >= 0.3 is 0 Å². The molecule has 1 saturated carbocycles. The zero-order valence-electron chi connectivity index (χ0n) is 10.0. The summed E-state index contributed by atoms with van der Waals surface area (Å²) >= 11 is 0. The largest absolute Gasteiger partial charge is 0.355 e. The van der Waals surface area contributed by atoms with Gasteiger partial charge in [-0.2, -0.15) is 0 Å². The first-order valence-corrected chi connectivity index (χ1v) is 6.19. The van der Waals surface area contributed by atoms with Crippen molar-refractivity contribution < 1.29 is 4.79 Å². The fourth-order valence-electron chi connectivity index (χ4n) is 2.31. The topological polar surface area (TPSA) is 41.1 Å². The highest BCUT2D eigenvalue weighted by Gasteiger charge is 2.23. The lowest BCUT2D eigenvalue weighted by molar-refractivity contribution is -0.121. The van der Waals surface area contributed by atoms with Crippen molar-refractivity contribution in [2.24, 2.45) is 11.8 Å². The highest BCUT2D eigenvalue weighted by Crippen LogP contribution is 2.32. The van der Waals surface area contributed by atoms with Crippen molar-refractivity contribution in [2.75, 3.05) is 19.6 Å². The van der Waals surface area contributed by atoms with Crippen LogP contribution in [0.3, 0.4) is 0 Å². The molecule has 1 amide bonds. The van der Waals surface area contributed by atoms with Crippen LogP contribution in [0.5, 0.6) is 0 Å². The van der Waals surface area contributed by atoms with Crippen molar-refractivity contribution in [3.63, 3.8) is 0 Å². The van der Waals surface area contributed by atoms with Crippen LogP contribution in [-0.4, -0.2) is 25.5 Å². The molecule has 0 aromatic heterocycles. The Bertz CT molecular complexity index is 194. The first-order chi connectivity index (χ1) is 7.22. The van der Waals surface area contributed by atoms with Crippen molar-refractivity contribution in [2.45, 2.75) is 39.5 Å². The van der Waals surface area contributed by atoms with Crippen LogP contribution in [0.25, 0.3) is 0 Å². The molecule has 2 atom stereocenters. The summed E-state index contributed by atoms with van der Waals surface area (Å²) in [6.45, 7) is 6.96. The van der Waals surface area contributed by atoms with E-state index in [4.69, 9.17) is 0 Å². The van der Waals surface area contributed by atoms with Gasteiger partial charge < -0.3 is 10.6 Å². The smallest absolute Gasteiger partial charge is 0.220 e. The highest BCUT2D eigenvalue weighted by atomic mass is 16.1. The van der Waals surface area contributed by atoms with E-state index in [1.54, 1.807) is 0 Å². The van der Waals surface area contributed by atoms with Crippen LogP contribution in [0.2, 0.25) is 0 Å². The number of nitrogens with one attached hydrogen (secondary N) is 2. The van der Waals surface area contributed by atoms with Gasteiger partial charge in [-0.3, -0.25) is 4.79 Å². The summed E-state index contributed by atoms with van der Waals surface area (Å²) in [6.07, 6.45) is 4.51. The predicted molar refractivity (Wildman–Crippen MR) is 62.7 cm³/mol. The zero-order chi connectivity index (χ0) is 11.1. The standard InChI is InChI=1S/C12H24N2O/c1-3-13-6-7-14-12(15)9-11-5-4-10(2)8-11/h10-11,13H,3-9H2,1-2H3,(H,14,15). The second kappa shape index (κ2) is 6.83. The van der Waals surface area contributed by atoms with Gasteiger partial charge in [-0.1, -0.05) is 20.3 Å². The highest BCUT2D eigenvalue weighted by molar-refractivity contribution is 5.76. The van der Waals surface area contributed by atoms with Gasteiger partial charge in [-0.25, -0.2) is 0 Å². The van der Waals surface area contributed by atoms with Crippen LogP contribution in [0, 0.1) is 11.8 Å². The molecule has 0 aliphatic heterocycles. The van der Waals surface area contributed by atoms with E-state index < -0.39 is 0 Å². The second-order valence-corrected chi connectivity index (χ2v) is 4.69. The Morgan fingerprint density at radius 2 is 2.13 bits per heavy atom. The summed E-state index contributed by atoms with van der Waals surface area (Å²) in [5.74, 6) is 1.69. The molecule has 0 bridgehead atoms. The minimum Gasteiger partial charge on any atom is -0.355 e. The maximum Gasteiger partial charge on any atom is 0.220 e. The Balaban J connectivity index is 2.03. The Morgan fingerprint density at radius 3 is 2.73 bits per heavy atom. The van der Waals surface area contributed by atoms with Crippen LogP contribution >= 0.6 is 0 Å². The van der Waals surface area contributed by atoms with Gasteiger partial charge in [0.05, 0.1) is 0 Å². The fraction of sp³-hybridized carbons (Fsp3) is 0.917. The Hall–Kier alpha value is -0.570. The minimum absolute atomic E-state index is 0.229. The van der Waals surface area contributed by atoms with E-state index in [1.807, 2.05) is 0 Å². The molecule has 0 aromatic rings. The Kier molecular flexibility index (Phi) is 5.69. The fourth-order valence-corrected chi connectivity index (χ4v) is 2.31. The first kappa shape index (κ1) is 12.5. The lowest BCUT2D eigenvalue weighted by Crippen LogP contribution is -2.32. The second-order valence-electron chi connectivity index (χ2n) is 4.69. The molecule has 1 rings (SSSR count). The summed E-state index contributed by atoms with van der Waals surface area (Å²) in [4.78, 5) is 11.5. The average molecular weight is 212 g/mol. The lowest BCUT2D eigenvalue weighted by Gasteiger charge is -2.10. The van der Waals surface area contributed by atoms with Gasteiger partial charge in [0.25, 0.3) is 0 Å². The summed E-state index contributed by atoms with van der Waals surface area (Å²) in [6, 6.07) is 0. The van der Waals surface area contributed by atoms with Gasteiger partial charge in [0.2, 0.25) is 5.91 Å². The quantitative estimate of drug-likeness (QED) is 0.656. The normalized spacial score (nSPS) is 25.5. The van der Waals surface area contributed by atoms with Crippen molar-refractivity contribution in [3.8, 4) is 0 Å². The number of likely N-dealkylation sites (N-methyl/N-ethyl adjacent to an activating group) is 1. The molecule has 3 heteroatoms. The SMILES string of the molecule is CCNCCNC(=O)CC1CCC(C)C1. The third-order valence-corrected chi connectivity index (χ3v) is 3.15. The van der Waals surface area contributed by atoms with E-state index in [0.717, 1.165) is 32.0 Å². The zero-order valence-corrected chi connectivity index (χ0v) is 10.0. The van der Waals surface area contributed by atoms with E-state index in [0.29, 0.717) is 5.92 Å². The van der Waals surface area contributed by atoms with E-state index in [-0.39, 0.29) is 5.91 Å². The molecule has 0 spiro atoms. The predicted octanol–water partition coefficient (Wildman–Crippen LogP) is 1.54. The van der Waals surface area contributed by atoms with Gasteiger partial charge in [0.1, 0.15) is 0 Å². The molecular formula is C12H24N2O. The molecule has 1 aliphatic carbocycles. The summed E-state index contributed by atoms with van der Waals surface area (Å²) in [5.41, 5.74) is 0. The van der Waals surface area contributed by atoms with Crippen LogP contribution in [-0.2, 0) is 4.79 Å². The molecule has 15 heavy (non-hydrogen) atoms. The van der Waals surface area contributed by atoms with Crippen LogP contribution in [0.4, 0.5) is 0 Å². The Labute approximate surface area is 93.0 Å². The minimum atomic E-state index is 0.229. The van der Waals surface area contributed by atoms with Gasteiger partial charge in [-0.05, 0) is 31.2 Å². The molecule has 3 nitrogen and oxygen atoms in total. The first-order valence-electron chi connectivity index (χ1n) is 6.19. The van der Waals surface area contributed by atoms with E-state index in [1.165, 1.54) is 19.3 Å². The number of amides is 1. The van der Waals surface area contributed by atoms with Crippen LogP contribution in [0.15, 0.2) is 0 Å². The number of rotatable bonds is 6. The van der Waals surface area contributed by atoms with Crippen molar-refractivity contribution >= 4 is 5.91 Å². The average Bonchev–Trinajstić information content (AvgIpc) is 2.59. The molecule has 1 fully saturated rings. The number of carbonyl (C=O) groups is 1. The maximum absolute atomic E-state index is 11.5. The third kappa shape index (κ3) is 5.17. The van der Waals surface area contributed by atoms with E-state index in [9.17, 15) is 4.79 Å². The van der Waals surface area contributed by atoms with Gasteiger partial charge in [0.15, 0.2) is 0 Å². The van der Waals surface area contributed by atoms with Gasteiger partial charge in [0, 0.05) is 19.5 Å². The maximum atomic E-state index is 11.5. The molecule has 0 heterocycles.